The zero-order chi connectivity index (χ0) is 13.1. The quantitative estimate of drug-likeness (QED) is 0.897. The molecule has 1 aliphatic heterocycles. The molecule has 2 unspecified atom stereocenters. The average molecular weight is 269 g/mol. The molecule has 1 saturated heterocycles. The smallest absolute Gasteiger partial charge is 0.0759 e. The molecule has 18 heavy (non-hydrogen) atoms. The average Bonchev–Trinajstić information content (AvgIpc) is 2.78. The summed E-state index contributed by atoms with van der Waals surface area (Å²) >= 11 is 1.93. The van der Waals surface area contributed by atoms with Gasteiger partial charge in [0.15, 0.2) is 0 Å². The van der Waals surface area contributed by atoms with Gasteiger partial charge >= 0.3 is 0 Å². The summed E-state index contributed by atoms with van der Waals surface area (Å²) in [6, 6.07) is 2.65. The molecule has 0 radical (unpaired) electrons. The second-order valence-electron chi connectivity index (χ2n) is 5.28. The van der Waals surface area contributed by atoms with Gasteiger partial charge in [0.25, 0.3) is 0 Å². The maximum absolute atomic E-state index is 10.3. The van der Waals surface area contributed by atoms with E-state index in [1.807, 2.05) is 28.7 Å². The van der Waals surface area contributed by atoms with E-state index in [2.05, 4.69) is 30.9 Å². The number of thioether (sulfide) groups is 1. The highest BCUT2D eigenvalue weighted by molar-refractivity contribution is 7.99. The lowest BCUT2D eigenvalue weighted by molar-refractivity contribution is 0.0754. The fourth-order valence-corrected chi connectivity index (χ4v) is 3.54. The van der Waals surface area contributed by atoms with Crippen molar-refractivity contribution in [1.29, 1.82) is 0 Å². The topological polar surface area (TPSA) is 41.3 Å². The Morgan fingerprint density at radius 2 is 2.33 bits per heavy atom. The number of rotatable bonds is 4. The molecule has 1 fully saturated rings. The van der Waals surface area contributed by atoms with E-state index in [1.165, 1.54) is 5.75 Å². The molecule has 2 heterocycles. The second kappa shape index (κ2) is 6.08. The van der Waals surface area contributed by atoms with E-state index in [1.54, 1.807) is 0 Å². The Bertz CT molecular complexity index is 380. The molecule has 0 amide bonds. The third-order valence-electron chi connectivity index (χ3n) is 3.50. The fourth-order valence-electron chi connectivity index (χ4n) is 2.23. The number of hydrogen-bond donors (Lipinski definition) is 1. The van der Waals surface area contributed by atoms with Crippen molar-refractivity contribution in [2.45, 2.75) is 38.5 Å². The Morgan fingerprint density at radius 1 is 1.56 bits per heavy atom. The van der Waals surface area contributed by atoms with Crippen LogP contribution >= 0.6 is 11.8 Å². The normalized spacial score (nSPS) is 23.5. The molecular formula is C13H23N3OS. The zero-order valence-corrected chi connectivity index (χ0v) is 12.2. The zero-order valence-electron chi connectivity index (χ0n) is 11.4. The molecule has 1 aliphatic rings. The van der Waals surface area contributed by atoms with Crippen LogP contribution in [0.25, 0.3) is 0 Å². The molecule has 0 spiro atoms. The first kappa shape index (κ1) is 13.9. The van der Waals surface area contributed by atoms with Gasteiger partial charge in [-0.05, 0) is 27.0 Å². The van der Waals surface area contributed by atoms with E-state index in [9.17, 15) is 5.11 Å². The molecule has 0 aliphatic carbocycles. The highest BCUT2D eigenvalue weighted by Crippen LogP contribution is 2.19. The Morgan fingerprint density at radius 3 is 2.94 bits per heavy atom. The molecule has 1 aromatic heterocycles. The molecule has 1 N–H and O–H groups in total. The molecule has 1 aromatic rings. The van der Waals surface area contributed by atoms with Crippen molar-refractivity contribution in [2.75, 3.05) is 25.1 Å². The number of nitrogens with zero attached hydrogens (tertiary/aromatic N) is 3. The van der Waals surface area contributed by atoms with Crippen molar-refractivity contribution in [2.24, 2.45) is 0 Å². The van der Waals surface area contributed by atoms with Crippen LogP contribution in [-0.2, 0) is 6.42 Å². The van der Waals surface area contributed by atoms with Crippen LogP contribution in [-0.4, -0.2) is 57.0 Å². The SMILES string of the molecule is CC(C)n1ccc(CC(O)C2CSCCN2C)n1. The number of aliphatic hydroxyl groups excluding tert-OH is 1. The highest BCUT2D eigenvalue weighted by Gasteiger charge is 2.27. The molecule has 2 atom stereocenters. The Hall–Kier alpha value is -0.520. The maximum atomic E-state index is 10.3. The van der Waals surface area contributed by atoms with Crippen LogP contribution in [0.3, 0.4) is 0 Å². The Labute approximate surface area is 113 Å². The largest absolute Gasteiger partial charge is 0.391 e. The first-order chi connectivity index (χ1) is 8.58. The number of aromatic nitrogens is 2. The van der Waals surface area contributed by atoms with Crippen molar-refractivity contribution >= 4 is 11.8 Å². The molecule has 102 valence electrons. The predicted octanol–water partition coefficient (Wildman–Crippen LogP) is 1.41. The van der Waals surface area contributed by atoms with Gasteiger partial charge in [0.2, 0.25) is 0 Å². The molecule has 5 heteroatoms. The summed E-state index contributed by atoms with van der Waals surface area (Å²) in [4.78, 5) is 2.26. The summed E-state index contributed by atoms with van der Waals surface area (Å²) in [5, 5.41) is 14.8. The van der Waals surface area contributed by atoms with Gasteiger partial charge in [-0.15, -0.1) is 0 Å². The van der Waals surface area contributed by atoms with Gasteiger partial charge in [0.1, 0.15) is 0 Å². The van der Waals surface area contributed by atoms with Gasteiger partial charge < -0.3 is 5.11 Å². The van der Waals surface area contributed by atoms with Gasteiger partial charge in [-0.3, -0.25) is 9.58 Å². The van der Waals surface area contributed by atoms with Crippen molar-refractivity contribution in [1.82, 2.24) is 14.7 Å². The molecule has 0 saturated carbocycles. The van der Waals surface area contributed by atoms with Gasteiger partial charge in [-0.25, -0.2) is 0 Å². The van der Waals surface area contributed by atoms with Gasteiger partial charge in [-0.2, -0.15) is 16.9 Å². The second-order valence-corrected chi connectivity index (χ2v) is 6.43. The minimum Gasteiger partial charge on any atom is -0.391 e. The van der Waals surface area contributed by atoms with Crippen molar-refractivity contribution in [3.63, 3.8) is 0 Å². The maximum Gasteiger partial charge on any atom is 0.0759 e. The summed E-state index contributed by atoms with van der Waals surface area (Å²) in [7, 11) is 2.10. The van der Waals surface area contributed by atoms with Crippen LogP contribution in [0.4, 0.5) is 0 Å². The Balaban J connectivity index is 1.95. The minimum atomic E-state index is -0.321. The van der Waals surface area contributed by atoms with Crippen molar-refractivity contribution in [3.8, 4) is 0 Å². The van der Waals surface area contributed by atoms with E-state index in [4.69, 9.17) is 0 Å². The molecule has 4 nitrogen and oxygen atoms in total. The van der Waals surface area contributed by atoms with Crippen molar-refractivity contribution in [3.05, 3.63) is 18.0 Å². The first-order valence-corrected chi connectivity index (χ1v) is 7.73. The van der Waals surface area contributed by atoms with E-state index < -0.39 is 0 Å². The summed E-state index contributed by atoms with van der Waals surface area (Å²) in [6.07, 6.45) is 2.32. The van der Waals surface area contributed by atoms with Crippen LogP contribution in [0.2, 0.25) is 0 Å². The summed E-state index contributed by atoms with van der Waals surface area (Å²) < 4.78 is 1.95. The summed E-state index contributed by atoms with van der Waals surface area (Å²) in [6.45, 7) is 5.28. The standard InChI is InChI=1S/C13H23N3OS/c1-10(2)16-5-4-11(14-16)8-13(17)12-9-18-7-6-15(12)3/h4-5,10,12-13,17H,6-9H2,1-3H3. The van der Waals surface area contributed by atoms with Crippen LogP contribution in [0.1, 0.15) is 25.6 Å². The monoisotopic (exact) mass is 269 g/mol. The number of aliphatic hydroxyl groups is 1. The van der Waals surface area contributed by atoms with Crippen LogP contribution < -0.4 is 0 Å². The van der Waals surface area contributed by atoms with Crippen molar-refractivity contribution < 1.29 is 5.11 Å². The molecule has 0 bridgehead atoms. The highest BCUT2D eigenvalue weighted by atomic mass is 32.2. The predicted molar refractivity (Wildman–Crippen MR) is 76.1 cm³/mol. The summed E-state index contributed by atoms with van der Waals surface area (Å²) in [5.74, 6) is 2.18. The van der Waals surface area contributed by atoms with E-state index in [-0.39, 0.29) is 12.1 Å². The lowest BCUT2D eigenvalue weighted by atomic mass is 10.1. The van der Waals surface area contributed by atoms with Crippen LogP contribution in [0, 0.1) is 0 Å². The van der Waals surface area contributed by atoms with Gasteiger partial charge in [0.05, 0.1) is 11.8 Å². The lowest BCUT2D eigenvalue weighted by Gasteiger charge is -2.35. The molecule has 2 rings (SSSR count). The number of likely N-dealkylation sites (N-methyl/N-ethyl adjacent to an activating group) is 1. The molecule has 0 aromatic carbocycles. The fraction of sp³-hybridized carbons (Fsp3) is 0.769. The van der Waals surface area contributed by atoms with E-state index in [0.29, 0.717) is 12.5 Å². The van der Waals surface area contributed by atoms with Gasteiger partial charge in [-0.1, -0.05) is 0 Å². The lowest BCUT2D eigenvalue weighted by Crippen LogP contribution is -2.47. The van der Waals surface area contributed by atoms with E-state index in [0.717, 1.165) is 18.0 Å². The number of hydrogen-bond acceptors (Lipinski definition) is 4. The minimum absolute atomic E-state index is 0.257. The Kier molecular flexibility index (Phi) is 4.70. The van der Waals surface area contributed by atoms with Crippen LogP contribution in [0.5, 0.6) is 0 Å². The van der Waals surface area contributed by atoms with Gasteiger partial charge in [0, 0.05) is 42.8 Å². The molecular weight excluding hydrogens is 246 g/mol. The third kappa shape index (κ3) is 3.28. The first-order valence-electron chi connectivity index (χ1n) is 6.58. The summed E-state index contributed by atoms with van der Waals surface area (Å²) in [5.41, 5.74) is 0.986. The van der Waals surface area contributed by atoms with Crippen LogP contribution in [0.15, 0.2) is 12.3 Å². The third-order valence-corrected chi connectivity index (χ3v) is 4.55. The van der Waals surface area contributed by atoms with E-state index >= 15 is 0 Å².